The second kappa shape index (κ2) is 4.62. The van der Waals surface area contributed by atoms with Crippen LogP contribution in [0.25, 0.3) is 0 Å². The van der Waals surface area contributed by atoms with Crippen LogP contribution in [-0.2, 0) is 7.05 Å². The summed E-state index contributed by atoms with van der Waals surface area (Å²) in [7, 11) is 1.98. The van der Waals surface area contributed by atoms with E-state index in [-0.39, 0.29) is 0 Å². The van der Waals surface area contributed by atoms with Gasteiger partial charge in [-0.25, -0.2) is 0 Å². The number of hydrogen-bond donors (Lipinski definition) is 1. The van der Waals surface area contributed by atoms with Gasteiger partial charge in [0.15, 0.2) is 5.16 Å². The zero-order valence-electron chi connectivity index (χ0n) is 8.32. The van der Waals surface area contributed by atoms with E-state index in [2.05, 4.69) is 17.1 Å². The molecule has 0 saturated carbocycles. The third-order valence-corrected chi connectivity index (χ3v) is 3.30. The maximum atomic E-state index is 5.52. The normalized spacial score (nSPS) is 13.2. The molecule has 0 aliphatic carbocycles. The van der Waals surface area contributed by atoms with E-state index in [1.165, 1.54) is 0 Å². The summed E-state index contributed by atoms with van der Waals surface area (Å²) in [6.07, 6.45) is 0. The van der Waals surface area contributed by atoms with E-state index in [1.54, 1.807) is 11.8 Å². The fourth-order valence-corrected chi connectivity index (χ4v) is 1.79. The Morgan fingerprint density at radius 2 is 2.23 bits per heavy atom. The van der Waals surface area contributed by atoms with Crippen LogP contribution >= 0.6 is 11.8 Å². The molecule has 0 bridgehead atoms. The lowest BCUT2D eigenvalue weighted by molar-refractivity contribution is 0.671. The molecule has 0 aromatic carbocycles. The van der Waals surface area contributed by atoms with Crippen molar-refractivity contribution in [1.29, 1.82) is 0 Å². The largest absolute Gasteiger partial charge is 0.330 e. The summed E-state index contributed by atoms with van der Waals surface area (Å²) in [6, 6.07) is 0. The van der Waals surface area contributed by atoms with E-state index in [4.69, 9.17) is 5.73 Å². The van der Waals surface area contributed by atoms with Crippen molar-refractivity contribution in [2.24, 2.45) is 18.7 Å². The highest BCUT2D eigenvalue weighted by molar-refractivity contribution is 7.99. The first-order valence-electron chi connectivity index (χ1n) is 4.34. The average Bonchev–Trinajstić information content (AvgIpc) is 2.44. The highest BCUT2D eigenvalue weighted by Crippen LogP contribution is 2.17. The van der Waals surface area contributed by atoms with Gasteiger partial charge in [-0.05, 0) is 19.4 Å². The highest BCUT2D eigenvalue weighted by Gasteiger charge is 2.07. The topological polar surface area (TPSA) is 56.7 Å². The number of aromatic nitrogens is 3. The molecule has 1 aromatic rings. The Bertz CT molecular complexity index is 271. The third kappa shape index (κ3) is 2.70. The summed E-state index contributed by atoms with van der Waals surface area (Å²) in [4.78, 5) is 0. The first kappa shape index (κ1) is 10.5. The molecule has 1 unspecified atom stereocenters. The van der Waals surface area contributed by atoms with Crippen molar-refractivity contribution in [1.82, 2.24) is 14.8 Å². The van der Waals surface area contributed by atoms with Crippen molar-refractivity contribution >= 4 is 11.8 Å². The Balaban J connectivity index is 2.50. The average molecular weight is 200 g/mol. The van der Waals surface area contributed by atoms with Crippen molar-refractivity contribution in [3.8, 4) is 0 Å². The molecule has 0 amide bonds. The second-order valence-electron chi connectivity index (χ2n) is 3.24. The van der Waals surface area contributed by atoms with Crippen molar-refractivity contribution in [3.05, 3.63) is 5.82 Å². The molecule has 1 aromatic heterocycles. The maximum absolute atomic E-state index is 5.52. The van der Waals surface area contributed by atoms with Gasteiger partial charge in [-0.1, -0.05) is 18.7 Å². The number of nitrogens with two attached hydrogens (primary N) is 1. The summed E-state index contributed by atoms with van der Waals surface area (Å²) < 4.78 is 1.99. The zero-order valence-corrected chi connectivity index (χ0v) is 9.14. The number of aryl methyl sites for hydroxylation is 1. The van der Waals surface area contributed by atoms with Gasteiger partial charge in [-0.2, -0.15) is 0 Å². The molecule has 0 fully saturated rings. The number of thioether (sulfide) groups is 1. The van der Waals surface area contributed by atoms with E-state index < -0.39 is 0 Å². The van der Waals surface area contributed by atoms with Crippen LogP contribution in [0.15, 0.2) is 5.16 Å². The van der Waals surface area contributed by atoms with Gasteiger partial charge in [0.25, 0.3) is 0 Å². The fourth-order valence-electron chi connectivity index (χ4n) is 0.798. The Kier molecular flexibility index (Phi) is 3.74. The predicted molar refractivity (Wildman–Crippen MR) is 54.7 cm³/mol. The summed E-state index contributed by atoms with van der Waals surface area (Å²) in [5, 5.41) is 9.01. The standard InChI is InChI=1S/C8H16N4S/c1-6(4-9)5-13-8-11-10-7(2)12(8)3/h6H,4-5,9H2,1-3H3. The summed E-state index contributed by atoms with van der Waals surface area (Å²) in [5.41, 5.74) is 5.52. The van der Waals surface area contributed by atoms with Crippen LogP contribution in [0, 0.1) is 12.8 Å². The van der Waals surface area contributed by atoms with Gasteiger partial charge in [0, 0.05) is 12.8 Å². The van der Waals surface area contributed by atoms with Crippen LogP contribution < -0.4 is 5.73 Å². The second-order valence-corrected chi connectivity index (χ2v) is 4.23. The van der Waals surface area contributed by atoms with E-state index in [0.29, 0.717) is 5.92 Å². The fraction of sp³-hybridized carbons (Fsp3) is 0.750. The molecule has 0 saturated heterocycles. The Morgan fingerprint density at radius 3 is 2.69 bits per heavy atom. The number of hydrogen-bond acceptors (Lipinski definition) is 4. The molecule has 1 rings (SSSR count). The van der Waals surface area contributed by atoms with E-state index in [1.807, 2.05) is 18.5 Å². The molecule has 2 N–H and O–H groups in total. The van der Waals surface area contributed by atoms with E-state index >= 15 is 0 Å². The monoisotopic (exact) mass is 200 g/mol. The van der Waals surface area contributed by atoms with Gasteiger partial charge in [0.1, 0.15) is 5.82 Å². The van der Waals surface area contributed by atoms with Crippen molar-refractivity contribution < 1.29 is 0 Å². The first-order valence-corrected chi connectivity index (χ1v) is 5.32. The minimum absolute atomic E-state index is 0.530. The number of nitrogens with zero attached hydrogens (tertiary/aromatic N) is 3. The highest BCUT2D eigenvalue weighted by atomic mass is 32.2. The van der Waals surface area contributed by atoms with Gasteiger partial charge in [-0.3, -0.25) is 0 Å². The molecule has 0 spiro atoms. The predicted octanol–water partition coefficient (Wildman–Crippen LogP) is 0.810. The molecule has 4 nitrogen and oxygen atoms in total. The Labute approximate surface area is 82.9 Å². The summed E-state index contributed by atoms with van der Waals surface area (Å²) in [5.74, 6) is 2.48. The first-order chi connectivity index (χ1) is 6.15. The quantitative estimate of drug-likeness (QED) is 0.731. The Morgan fingerprint density at radius 1 is 1.54 bits per heavy atom. The molecule has 0 radical (unpaired) electrons. The lowest BCUT2D eigenvalue weighted by atomic mass is 10.2. The van der Waals surface area contributed by atoms with E-state index in [0.717, 1.165) is 23.3 Å². The van der Waals surface area contributed by atoms with Gasteiger partial charge in [0.05, 0.1) is 0 Å². The van der Waals surface area contributed by atoms with Crippen LogP contribution in [0.3, 0.4) is 0 Å². The molecule has 13 heavy (non-hydrogen) atoms. The van der Waals surface area contributed by atoms with Crippen LogP contribution in [0.1, 0.15) is 12.7 Å². The van der Waals surface area contributed by atoms with Crippen molar-refractivity contribution in [2.45, 2.75) is 19.0 Å². The Hall–Kier alpha value is -0.550. The zero-order chi connectivity index (χ0) is 9.84. The van der Waals surface area contributed by atoms with Gasteiger partial charge in [0.2, 0.25) is 0 Å². The molecule has 1 heterocycles. The van der Waals surface area contributed by atoms with Crippen molar-refractivity contribution in [2.75, 3.05) is 12.3 Å². The van der Waals surface area contributed by atoms with Gasteiger partial charge in [-0.15, -0.1) is 10.2 Å². The minimum Gasteiger partial charge on any atom is -0.330 e. The van der Waals surface area contributed by atoms with Crippen LogP contribution in [0.5, 0.6) is 0 Å². The lowest BCUT2D eigenvalue weighted by Gasteiger charge is -2.06. The third-order valence-electron chi connectivity index (χ3n) is 1.95. The maximum Gasteiger partial charge on any atom is 0.190 e. The molecule has 1 atom stereocenters. The molecule has 74 valence electrons. The van der Waals surface area contributed by atoms with Crippen LogP contribution in [-0.4, -0.2) is 27.1 Å². The lowest BCUT2D eigenvalue weighted by Crippen LogP contribution is -2.13. The van der Waals surface area contributed by atoms with E-state index in [9.17, 15) is 0 Å². The molecular weight excluding hydrogens is 184 g/mol. The van der Waals surface area contributed by atoms with Crippen LogP contribution in [0.2, 0.25) is 0 Å². The van der Waals surface area contributed by atoms with Gasteiger partial charge < -0.3 is 10.3 Å². The number of rotatable bonds is 4. The van der Waals surface area contributed by atoms with Crippen molar-refractivity contribution in [3.63, 3.8) is 0 Å². The summed E-state index contributed by atoms with van der Waals surface area (Å²) in [6.45, 7) is 4.81. The molecule has 0 aliphatic heterocycles. The molecule has 0 aliphatic rings. The SMILES string of the molecule is Cc1nnc(SCC(C)CN)n1C. The smallest absolute Gasteiger partial charge is 0.190 e. The summed E-state index contributed by atoms with van der Waals surface area (Å²) >= 11 is 1.71. The van der Waals surface area contributed by atoms with Crippen LogP contribution in [0.4, 0.5) is 0 Å². The molecule has 5 heteroatoms. The van der Waals surface area contributed by atoms with Gasteiger partial charge >= 0.3 is 0 Å². The molecular formula is C8H16N4S. The minimum atomic E-state index is 0.530.